The molecule has 1 amide bonds. The van der Waals surface area contributed by atoms with Crippen LogP contribution >= 0.6 is 39.9 Å². The number of aliphatic hydroxyl groups is 1. The van der Waals surface area contributed by atoms with Crippen molar-refractivity contribution in [3.05, 3.63) is 34.3 Å². The summed E-state index contributed by atoms with van der Waals surface area (Å²) in [6.07, 6.45) is 3.41. The first-order valence-corrected chi connectivity index (χ1v) is 9.64. The number of nitrogens with one attached hydrogen (secondary N) is 3. The topological polar surface area (TPSA) is 85.8 Å². The second kappa shape index (κ2) is 12.5. The van der Waals surface area contributed by atoms with Crippen LogP contribution in [0.2, 0.25) is 0 Å². The van der Waals surface area contributed by atoms with Crippen molar-refractivity contribution >= 4 is 51.8 Å². The highest BCUT2D eigenvalue weighted by atomic mass is 127. The molecule has 0 bridgehead atoms. The van der Waals surface area contributed by atoms with Gasteiger partial charge in [-0.3, -0.25) is 9.79 Å². The van der Waals surface area contributed by atoms with Crippen molar-refractivity contribution in [1.82, 2.24) is 16.0 Å². The van der Waals surface area contributed by atoms with Gasteiger partial charge < -0.3 is 21.1 Å². The molecule has 0 aliphatic heterocycles. The zero-order valence-electron chi connectivity index (χ0n) is 15.0. The van der Waals surface area contributed by atoms with Crippen molar-refractivity contribution in [1.29, 1.82) is 0 Å². The standard InChI is InChI=1S/C18H27BrN4O2.HI/c1-2-20-18(23-15-7-9-16(24)10-8-15)22-12-11-21-17(25)13-3-5-14(19)6-4-13;/h3-6,15-16,24H,2,7-12H2,1H3,(H,21,25)(H2,20,22,23);1H. The molecular formula is C18H28BrIN4O2. The molecule has 0 spiro atoms. The summed E-state index contributed by atoms with van der Waals surface area (Å²) in [6.45, 7) is 3.80. The molecule has 8 heteroatoms. The highest BCUT2D eigenvalue weighted by Crippen LogP contribution is 2.18. The fourth-order valence-corrected chi connectivity index (χ4v) is 3.04. The third-order valence-corrected chi connectivity index (χ3v) is 4.68. The van der Waals surface area contributed by atoms with E-state index in [1.54, 1.807) is 12.1 Å². The third kappa shape index (κ3) is 8.22. The van der Waals surface area contributed by atoms with Crippen molar-refractivity contribution in [2.45, 2.75) is 44.8 Å². The van der Waals surface area contributed by atoms with E-state index in [4.69, 9.17) is 0 Å². The van der Waals surface area contributed by atoms with E-state index in [0.29, 0.717) is 24.7 Å². The normalized spacial score (nSPS) is 20.0. The lowest BCUT2D eigenvalue weighted by molar-refractivity contribution is 0.0954. The van der Waals surface area contributed by atoms with E-state index in [-0.39, 0.29) is 36.0 Å². The fourth-order valence-electron chi connectivity index (χ4n) is 2.77. The summed E-state index contributed by atoms with van der Waals surface area (Å²) in [5.41, 5.74) is 0.637. The maximum Gasteiger partial charge on any atom is 0.251 e. The maximum atomic E-state index is 12.0. The molecule has 0 unspecified atom stereocenters. The van der Waals surface area contributed by atoms with Gasteiger partial charge >= 0.3 is 0 Å². The van der Waals surface area contributed by atoms with Crippen LogP contribution in [0.4, 0.5) is 0 Å². The molecule has 0 saturated heterocycles. The van der Waals surface area contributed by atoms with Gasteiger partial charge in [0.05, 0.1) is 12.6 Å². The molecule has 0 aromatic heterocycles. The Morgan fingerprint density at radius 1 is 1.19 bits per heavy atom. The first-order valence-electron chi connectivity index (χ1n) is 8.85. The number of guanidine groups is 1. The predicted octanol–water partition coefficient (Wildman–Crippen LogP) is 2.66. The van der Waals surface area contributed by atoms with E-state index >= 15 is 0 Å². The number of aliphatic imine (C=N–C) groups is 1. The van der Waals surface area contributed by atoms with Gasteiger partial charge in [-0.05, 0) is 56.9 Å². The van der Waals surface area contributed by atoms with Crippen LogP contribution in [0.25, 0.3) is 0 Å². The Bertz CT molecular complexity index is 575. The van der Waals surface area contributed by atoms with E-state index in [2.05, 4.69) is 36.9 Å². The summed E-state index contributed by atoms with van der Waals surface area (Å²) >= 11 is 3.36. The van der Waals surface area contributed by atoms with Crippen LogP contribution in [0.5, 0.6) is 0 Å². The number of nitrogens with zero attached hydrogens (tertiary/aromatic N) is 1. The van der Waals surface area contributed by atoms with Gasteiger partial charge in [-0.1, -0.05) is 15.9 Å². The van der Waals surface area contributed by atoms with Gasteiger partial charge in [0.2, 0.25) is 0 Å². The van der Waals surface area contributed by atoms with Crippen LogP contribution < -0.4 is 16.0 Å². The summed E-state index contributed by atoms with van der Waals surface area (Å²) < 4.78 is 0.949. The summed E-state index contributed by atoms with van der Waals surface area (Å²) in [4.78, 5) is 16.6. The van der Waals surface area contributed by atoms with Crippen LogP contribution in [-0.4, -0.2) is 48.8 Å². The number of rotatable bonds is 6. The van der Waals surface area contributed by atoms with E-state index < -0.39 is 0 Å². The van der Waals surface area contributed by atoms with Gasteiger partial charge in [-0.25, -0.2) is 0 Å². The molecule has 146 valence electrons. The monoisotopic (exact) mass is 538 g/mol. The number of amides is 1. The average Bonchev–Trinajstić information content (AvgIpc) is 2.61. The predicted molar refractivity (Wildman–Crippen MR) is 119 cm³/mol. The molecule has 1 aromatic carbocycles. The smallest absolute Gasteiger partial charge is 0.251 e. The van der Waals surface area contributed by atoms with Crippen molar-refractivity contribution in [3.63, 3.8) is 0 Å². The summed E-state index contributed by atoms with van der Waals surface area (Å²) in [7, 11) is 0. The summed E-state index contributed by atoms with van der Waals surface area (Å²) in [6, 6.07) is 7.61. The minimum Gasteiger partial charge on any atom is -0.393 e. The van der Waals surface area contributed by atoms with Crippen LogP contribution in [0, 0.1) is 0 Å². The number of hydrogen-bond acceptors (Lipinski definition) is 3. The Balaban J connectivity index is 0.00000338. The van der Waals surface area contributed by atoms with Gasteiger partial charge in [0.1, 0.15) is 0 Å². The number of halogens is 2. The molecule has 1 aliphatic rings. The molecule has 26 heavy (non-hydrogen) atoms. The van der Waals surface area contributed by atoms with E-state index in [1.165, 1.54) is 0 Å². The van der Waals surface area contributed by atoms with Crippen LogP contribution in [-0.2, 0) is 0 Å². The van der Waals surface area contributed by atoms with Gasteiger partial charge in [0.15, 0.2) is 5.96 Å². The van der Waals surface area contributed by atoms with Crippen molar-refractivity contribution in [2.75, 3.05) is 19.6 Å². The maximum absolute atomic E-state index is 12.0. The molecule has 0 atom stereocenters. The van der Waals surface area contributed by atoms with E-state index in [1.807, 2.05) is 19.1 Å². The van der Waals surface area contributed by atoms with Crippen molar-refractivity contribution in [2.24, 2.45) is 4.99 Å². The zero-order chi connectivity index (χ0) is 18.1. The lowest BCUT2D eigenvalue weighted by Crippen LogP contribution is -2.45. The third-order valence-electron chi connectivity index (χ3n) is 4.16. The Kier molecular flexibility index (Phi) is 11.1. The van der Waals surface area contributed by atoms with Crippen molar-refractivity contribution in [3.8, 4) is 0 Å². The molecular weight excluding hydrogens is 511 g/mol. The molecule has 1 fully saturated rings. The minimum atomic E-state index is -0.161. The fraction of sp³-hybridized carbons (Fsp3) is 0.556. The molecule has 1 saturated carbocycles. The Hall–Kier alpha value is -0.870. The molecule has 1 aromatic rings. The minimum absolute atomic E-state index is 0. The summed E-state index contributed by atoms with van der Waals surface area (Å²) in [5, 5.41) is 19.1. The molecule has 2 rings (SSSR count). The second-order valence-electron chi connectivity index (χ2n) is 6.17. The number of benzene rings is 1. The Morgan fingerprint density at radius 3 is 2.46 bits per heavy atom. The average molecular weight is 539 g/mol. The van der Waals surface area contributed by atoms with Gasteiger partial charge in [-0.15, -0.1) is 24.0 Å². The van der Waals surface area contributed by atoms with Crippen LogP contribution in [0.3, 0.4) is 0 Å². The number of hydrogen-bond donors (Lipinski definition) is 4. The number of aliphatic hydroxyl groups excluding tert-OH is 1. The first-order chi connectivity index (χ1) is 12.1. The lowest BCUT2D eigenvalue weighted by atomic mass is 9.93. The van der Waals surface area contributed by atoms with Gasteiger partial charge in [0.25, 0.3) is 5.91 Å². The Labute approximate surface area is 180 Å². The van der Waals surface area contributed by atoms with E-state index in [9.17, 15) is 9.90 Å². The SMILES string of the molecule is CCNC(=NCCNC(=O)c1ccc(Br)cc1)NC1CCC(O)CC1.I. The van der Waals surface area contributed by atoms with Crippen LogP contribution in [0.1, 0.15) is 43.0 Å². The second-order valence-corrected chi connectivity index (χ2v) is 7.09. The highest BCUT2D eigenvalue weighted by Gasteiger charge is 2.19. The Morgan fingerprint density at radius 2 is 1.85 bits per heavy atom. The molecule has 4 N–H and O–H groups in total. The van der Waals surface area contributed by atoms with E-state index in [0.717, 1.165) is 42.7 Å². The number of carbonyl (C=O) groups is 1. The highest BCUT2D eigenvalue weighted by molar-refractivity contribution is 14.0. The summed E-state index contributed by atoms with van der Waals surface area (Å²) in [5.74, 6) is 0.670. The first kappa shape index (κ1) is 23.2. The number of carbonyl (C=O) groups excluding carboxylic acids is 1. The molecule has 0 radical (unpaired) electrons. The molecule has 6 nitrogen and oxygen atoms in total. The largest absolute Gasteiger partial charge is 0.393 e. The van der Waals surface area contributed by atoms with Gasteiger partial charge in [-0.2, -0.15) is 0 Å². The lowest BCUT2D eigenvalue weighted by Gasteiger charge is -2.27. The van der Waals surface area contributed by atoms with Crippen molar-refractivity contribution < 1.29 is 9.90 Å². The van der Waals surface area contributed by atoms with Crippen LogP contribution in [0.15, 0.2) is 33.7 Å². The zero-order valence-corrected chi connectivity index (χ0v) is 18.9. The van der Waals surface area contributed by atoms with Gasteiger partial charge in [0, 0.05) is 29.2 Å². The quantitative estimate of drug-likeness (QED) is 0.194. The molecule has 0 heterocycles. The molecule has 1 aliphatic carbocycles.